The summed E-state index contributed by atoms with van der Waals surface area (Å²) in [6.45, 7) is 0. The molecule has 7 nitrogen and oxygen atoms in total. The normalized spacial score (nSPS) is 25.7. The van der Waals surface area contributed by atoms with Crippen molar-refractivity contribution in [3.63, 3.8) is 0 Å². The topological polar surface area (TPSA) is 117 Å². The van der Waals surface area contributed by atoms with Crippen LogP contribution in [0, 0.1) is 23.5 Å². The maximum atomic E-state index is 13.7. The third-order valence-electron chi connectivity index (χ3n) is 7.79. The van der Waals surface area contributed by atoms with Crippen LogP contribution in [-0.2, 0) is 9.84 Å². The number of nitrogens with one attached hydrogen (secondary N) is 1. The monoisotopic (exact) mass is 562 g/mol. The van der Waals surface area contributed by atoms with E-state index in [2.05, 4.69) is 10.3 Å². The Morgan fingerprint density at radius 3 is 2.39 bits per heavy atom. The van der Waals surface area contributed by atoms with Crippen LogP contribution in [0.4, 0.5) is 14.5 Å². The van der Waals surface area contributed by atoms with Crippen molar-refractivity contribution in [3.05, 3.63) is 88.7 Å². The van der Waals surface area contributed by atoms with Gasteiger partial charge in [0.1, 0.15) is 11.7 Å². The van der Waals surface area contributed by atoms with Crippen LogP contribution in [0.25, 0.3) is 0 Å². The minimum absolute atomic E-state index is 0.00265. The molecule has 5 atom stereocenters. The number of nitrogens with zero attached hydrogens (tertiary/aromatic N) is 1. The zero-order valence-electron chi connectivity index (χ0n) is 20.0. The van der Waals surface area contributed by atoms with Gasteiger partial charge in [-0.3, -0.25) is 9.78 Å². The molecule has 2 aliphatic carbocycles. The van der Waals surface area contributed by atoms with Crippen LogP contribution < -0.4 is 5.32 Å². The van der Waals surface area contributed by atoms with Crippen molar-refractivity contribution >= 4 is 33.0 Å². The molecule has 3 unspecified atom stereocenters. The predicted octanol–water partition coefficient (Wildman–Crippen LogP) is 4.69. The molecule has 1 heterocycles. The van der Waals surface area contributed by atoms with E-state index in [4.69, 9.17) is 11.6 Å². The van der Waals surface area contributed by atoms with Crippen LogP contribution in [0.3, 0.4) is 0 Å². The van der Waals surface area contributed by atoms with Gasteiger partial charge >= 0.3 is 0 Å². The number of fused-ring (bicyclic) bond motifs is 2. The first-order valence-corrected chi connectivity index (χ1v) is 14.1. The summed E-state index contributed by atoms with van der Waals surface area (Å²) >= 11 is 6.28. The standard InChI is InChI=1S/C27H25ClF2N2O5S/c28-20-8-4-15(26(34)32-18-7-9-21(29)22(30)14-18)11-24(20)38(36,37)19-12-16-5-6-17(13-19)27(16,35)25(33)23-3-1-2-10-31-23/h1-4,7-11,14,16-17,19,25,33,35H,5-6,12-13H2,(H,32,34)/t16-,17+,19?,25?,27?. The van der Waals surface area contributed by atoms with E-state index in [-0.39, 0.29) is 34.0 Å². The summed E-state index contributed by atoms with van der Waals surface area (Å²) in [4.78, 5) is 16.7. The van der Waals surface area contributed by atoms with Gasteiger partial charge in [-0.15, -0.1) is 0 Å². The number of benzene rings is 2. The van der Waals surface area contributed by atoms with Gasteiger partial charge in [-0.25, -0.2) is 17.2 Å². The number of amides is 1. The number of aliphatic hydroxyl groups excluding tert-OH is 1. The van der Waals surface area contributed by atoms with Gasteiger partial charge in [-0.1, -0.05) is 17.7 Å². The number of hydrogen-bond donors (Lipinski definition) is 3. The van der Waals surface area contributed by atoms with Crippen molar-refractivity contribution < 1.29 is 32.2 Å². The van der Waals surface area contributed by atoms with Gasteiger partial charge in [0.05, 0.1) is 20.9 Å². The highest BCUT2D eigenvalue weighted by Gasteiger charge is 2.59. The van der Waals surface area contributed by atoms with Crippen LogP contribution in [0.1, 0.15) is 47.8 Å². The molecular weight excluding hydrogens is 538 g/mol. The van der Waals surface area contributed by atoms with E-state index in [0.717, 1.165) is 12.1 Å². The molecule has 5 rings (SSSR count). The molecule has 2 fully saturated rings. The molecule has 0 radical (unpaired) electrons. The SMILES string of the molecule is O=C(Nc1ccc(F)c(F)c1)c1ccc(Cl)c(S(=O)(=O)C2C[C@H]3CC[C@@H](C2)C3(O)C(O)c2ccccn2)c1. The molecule has 38 heavy (non-hydrogen) atoms. The lowest BCUT2D eigenvalue weighted by molar-refractivity contribution is -0.145. The first kappa shape index (κ1) is 26.7. The Bertz CT molecular complexity index is 1470. The van der Waals surface area contributed by atoms with Gasteiger partial charge in [0.2, 0.25) is 0 Å². The highest BCUT2D eigenvalue weighted by Crippen LogP contribution is 2.56. The molecule has 11 heteroatoms. The van der Waals surface area contributed by atoms with E-state index in [1.165, 1.54) is 30.5 Å². The molecule has 0 spiro atoms. The highest BCUT2D eigenvalue weighted by molar-refractivity contribution is 7.92. The zero-order chi connectivity index (χ0) is 27.2. The molecule has 2 aromatic carbocycles. The number of carbonyl (C=O) groups excluding carboxylic acids is 1. The molecule has 0 saturated heterocycles. The second-order valence-electron chi connectivity index (χ2n) is 9.88. The lowest BCUT2D eigenvalue weighted by atomic mass is 9.70. The summed E-state index contributed by atoms with van der Waals surface area (Å²) in [7, 11) is -4.03. The quantitative estimate of drug-likeness (QED) is 0.401. The fraction of sp³-hybridized carbons (Fsp3) is 0.333. The second kappa shape index (κ2) is 10.00. The maximum absolute atomic E-state index is 13.7. The molecular formula is C27H25ClF2N2O5S. The van der Waals surface area contributed by atoms with Crippen molar-refractivity contribution in [2.75, 3.05) is 5.32 Å². The van der Waals surface area contributed by atoms with Crippen LogP contribution in [0.5, 0.6) is 0 Å². The molecule has 1 aromatic heterocycles. The summed E-state index contributed by atoms with van der Waals surface area (Å²) in [5.41, 5.74) is -1.20. The molecule has 2 saturated carbocycles. The summed E-state index contributed by atoms with van der Waals surface area (Å²) in [5, 5.41) is 24.1. The largest absolute Gasteiger partial charge is 0.386 e. The maximum Gasteiger partial charge on any atom is 0.255 e. The number of rotatable bonds is 6. The van der Waals surface area contributed by atoms with E-state index in [9.17, 15) is 32.2 Å². The Hall–Kier alpha value is -2.92. The summed E-state index contributed by atoms with van der Waals surface area (Å²) in [6.07, 6.45) is 1.61. The van der Waals surface area contributed by atoms with Crippen LogP contribution in [0.2, 0.25) is 5.02 Å². The number of halogens is 3. The average molecular weight is 563 g/mol. The van der Waals surface area contributed by atoms with Gasteiger partial charge < -0.3 is 15.5 Å². The fourth-order valence-corrected chi connectivity index (χ4v) is 8.24. The minimum Gasteiger partial charge on any atom is -0.386 e. The molecule has 3 N–H and O–H groups in total. The van der Waals surface area contributed by atoms with E-state index >= 15 is 0 Å². The predicted molar refractivity (Wildman–Crippen MR) is 136 cm³/mol. The summed E-state index contributed by atoms with van der Waals surface area (Å²) in [5.74, 6) is -3.87. The van der Waals surface area contributed by atoms with E-state index in [1.54, 1.807) is 18.2 Å². The van der Waals surface area contributed by atoms with Crippen molar-refractivity contribution in [2.24, 2.45) is 11.8 Å². The molecule has 0 aliphatic heterocycles. The smallest absolute Gasteiger partial charge is 0.255 e. The number of anilines is 1. The molecule has 2 bridgehead atoms. The Labute approximate surface area is 223 Å². The van der Waals surface area contributed by atoms with E-state index in [1.807, 2.05) is 0 Å². The highest BCUT2D eigenvalue weighted by atomic mass is 35.5. The van der Waals surface area contributed by atoms with Crippen LogP contribution >= 0.6 is 11.6 Å². The number of carbonyl (C=O) groups is 1. The van der Waals surface area contributed by atoms with Gasteiger partial charge in [0.25, 0.3) is 5.91 Å². The van der Waals surface area contributed by atoms with Crippen LogP contribution in [-0.4, -0.2) is 40.4 Å². The summed E-state index contributed by atoms with van der Waals surface area (Å²) < 4.78 is 54.2. The van der Waals surface area contributed by atoms with Gasteiger partial charge in [-0.2, -0.15) is 0 Å². The zero-order valence-corrected chi connectivity index (χ0v) is 21.6. The summed E-state index contributed by atoms with van der Waals surface area (Å²) in [6, 6.07) is 11.7. The van der Waals surface area contributed by atoms with E-state index < -0.39 is 56.2 Å². The number of sulfone groups is 1. The number of aliphatic hydroxyl groups is 2. The van der Waals surface area contributed by atoms with Gasteiger partial charge in [-0.05, 0) is 80.0 Å². The number of aromatic nitrogens is 1. The third-order valence-corrected chi connectivity index (χ3v) is 10.4. The minimum atomic E-state index is -4.03. The molecule has 2 aliphatic rings. The van der Waals surface area contributed by atoms with Crippen LogP contribution in [0.15, 0.2) is 65.7 Å². The van der Waals surface area contributed by atoms with Crippen molar-refractivity contribution in [1.29, 1.82) is 0 Å². The average Bonchev–Trinajstić information content (AvgIpc) is 3.06. The van der Waals surface area contributed by atoms with Crippen molar-refractivity contribution in [2.45, 2.75) is 47.5 Å². The third kappa shape index (κ3) is 4.59. The Morgan fingerprint density at radius 2 is 1.76 bits per heavy atom. The van der Waals surface area contributed by atoms with Gasteiger partial charge in [0, 0.05) is 23.5 Å². The lowest BCUT2D eigenvalue weighted by Crippen LogP contribution is -2.52. The second-order valence-corrected chi connectivity index (χ2v) is 12.5. The molecule has 1 amide bonds. The van der Waals surface area contributed by atoms with Crippen molar-refractivity contribution in [3.8, 4) is 0 Å². The molecule has 200 valence electrons. The lowest BCUT2D eigenvalue weighted by Gasteiger charge is -2.45. The Kier molecular flexibility index (Phi) is 7.02. The fourth-order valence-electron chi connectivity index (χ4n) is 5.84. The first-order chi connectivity index (χ1) is 18.0. The molecule has 3 aromatic rings. The Balaban J connectivity index is 1.39. The van der Waals surface area contributed by atoms with E-state index in [0.29, 0.717) is 18.5 Å². The van der Waals surface area contributed by atoms with Gasteiger partial charge in [0.15, 0.2) is 21.5 Å². The Morgan fingerprint density at radius 1 is 1.05 bits per heavy atom. The first-order valence-electron chi connectivity index (χ1n) is 12.1. The van der Waals surface area contributed by atoms with Crippen molar-refractivity contribution in [1.82, 2.24) is 4.98 Å². The number of pyridine rings is 1. The number of hydrogen-bond acceptors (Lipinski definition) is 6.